The molecule has 0 aliphatic carbocycles. The van der Waals surface area contributed by atoms with Crippen molar-refractivity contribution in [1.82, 2.24) is 15.0 Å². The number of aromatic nitrogens is 2. The van der Waals surface area contributed by atoms with E-state index in [1.54, 1.807) is 20.8 Å². The maximum atomic E-state index is 11.9. The number of nitrogens with zero attached hydrogens (tertiary/aromatic N) is 3. The number of carbonyl (C=O) groups excluding carboxylic acids is 1. The lowest BCUT2D eigenvalue weighted by atomic mass is 10.1. The third kappa shape index (κ3) is 5.16. The summed E-state index contributed by atoms with van der Waals surface area (Å²) in [6.45, 7) is 4.81. The number of hydroxylamine groups is 2. The SMILES string of the molecule is COc1cncc(C(CCO)N(O)C(=O)OC(C)(C)C)n1. The molecule has 1 rings (SSSR count). The van der Waals surface area contributed by atoms with Crippen LogP contribution in [0.3, 0.4) is 0 Å². The van der Waals surface area contributed by atoms with Crippen molar-refractivity contribution in [3.8, 4) is 5.88 Å². The summed E-state index contributed by atoms with van der Waals surface area (Å²) in [5, 5.41) is 19.6. The molecule has 0 aliphatic rings. The van der Waals surface area contributed by atoms with Gasteiger partial charge in [0.25, 0.3) is 0 Å². The second kappa shape index (κ2) is 7.19. The van der Waals surface area contributed by atoms with Gasteiger partial charge in [-0.15, -0.1) is 0 Å². The van der Waals surface area contributed by atoms with E-state index in [0.717, 1.165) is 0 Å². The molecule has 1 amide bonds. The number of ether oxygens (including phenoxy) is 2. The molecule has 0 bridgehead atoms. The molecule has 21 heavy (non-hydrogen) atoms. The van der Waals surface area contributed by atoms with Crippen molar-refractivity contribution >= 4 is 6.09 Å². The fraction of sp³-hybridized carbons (Fsp3) is 0.615. The van der Waals surface area contributed by atoms with E-state index in [2.05, 4.69) is 9.97 Å². The van der Waals surface area contributed by atoms with Gasteiger partial charge in [-0.05, 0) is 27.2 Å². The van der Waals surface area contributed by atoms with Crippen LogP contribution in [-0.4, -0.2) is 50.8 Å². The van der Waals surface area contributed by atoms with Gasteiger partial charge in [0.1, 0.15) is 11.6 Å². The number of aliphatic hydroxyl groups excluding tert-OH is 1. The molecule has 0 radical (unpaired) electrons. The van der Waals surface area contributed by atoms with Gasteiger partial charge < -0.3 is 14.6 Å². The molecule has 2 N–H and O–H groups in total. The van der Waals surface area contributed by atoms with Gasteiger partial charge in [0.05, 0.1) is 25.2 Å². The zero-order valence-electron chi connectivity index (χ0n) is 12.6. The van der Waals surface area contributed by atoms with Crippen LogP contribution >= 0.6 is 0 Å². The molecule has 8 nitrogen and oxygen atoms in total. The average molecular weight is 299 g/mol. The number of hydrogen-bond donors (Lipinski definition) is 2. The van der Waals surface area contributed by atoms with Crippen LogP contribution in [0.1, 0.15) is 38.9 Å². The summed E-state index contributed by atoms with van der Waals surface area (Å²) >= 11 is 0. The maximum Gasteiger partial charge on any atom is 0.434 e. The van der Waals surface area contributed by atoms with Crippen LogP contribution in [-0.2, 0) is 4.74 Å². The lowest BCUT2D eigenvalue weighted by Gasteiger charge is -2.28. The Hall–Kier alpha value is -1.93. The lowest BCUT2D eigenvalue weighted by Crippen LogP contribution is -2.37. The van der Waals surface area contributed by atoms with Gasteiger partial charge >= 0.3 is 6.09 Å². The number of methoxy groups -OCH3 is 1. The Kier molecular flexibility index (Phi) is 5.86. The smallest absolute Gasteiger partial charge is 0.434 e. The van der Waals surface area contributed by atoms with Gasteiger partial charge in [0.2, 0.25) is 5.88 Å². The minimum Gasteiger partial charge on any atom is -0.480 e. The van der Waals surface area contributed by atoms with Crippen LogP contribution in [0.4, 0.5) is 4.79 Å². The summed E-state index contributed by atoms with van der Waals surface area (Å²) in [4.78, 5) is 19.9. The van der Waals surface area contributed by atoms with Gasteiger partial charge in [-0.1, -0.05) is 0 Å². The Labute approximate surface area is 123 Å². The molecule has 1 atom stereocenters. The second-order valence-electron chi connectivity index (χ2n) is 5.34. The first-order chi connectivity index (χ1) is 9.78. The van der Waals surface area contributed by atoms with E-state index >= 15 is 0 Å². The highest BCUT2D eigenvalue weighted by atomic mass is 16.6. The first kappa shape index (κ1) is 17.1. The van der Waals surface area contributed by atoms with Crippen LogP contribution in [0.2, 0.25) is 0 Å². The van der Waals surface area contributed by atoms with E-state index in [1.807, 2.05) is 0 Å². The summed E-state index contributed by atoms with van der Waals surface area (Å²) in [5.74, 6) is 0.244. The number of aliphatic hydroxyl groups is 1. The number of carbonyl (C=O) groups is 1. The molecule has 0 aliphatic heterocycles. The van der Waals surface area contributed by atoms with Gasteiger partial charge in [0.15, 0.2) is 0 Å². The second-order valence-corrected chi connectivity index (χ2v) is 5.34. The van der Waals surface area contributed by atoms with Crippen molar-refractivity contribution in [3.63, 3.8) is 0 Å². The van der Waals surface area contributed by atoms with E-state index < -0.39 is 17.7 Å². The summed E-state index contributed by atoms with van der Waals surface area (Å²) in [5.41, 5.74) is -0.459. The molecule has 0 aromatic carbocycles. The van der Waals surface area contributed by atoms with Crippen molar-refractivity contribution in [2.45, 2.75) is 38.8 Å². The molecule has 1 heterocycles. The predicted octanol–water partition coefficient (Wildman–Crippen LogP) is 1.54. The van der Waals surface area contributed by atoms with Gasteiger partial charge in [-0.2, -0.15) is 5.06 Å². The topological polar surface area (TPSA) is 105 Å². The highest BCUT2D eigenvalue weighted by Crippen LogP contribution is 2.24. The fourth-order valence-corrected chi connectivity index (χ4v) is 1.57. The van der Waals surface area contributed by atoms with Crippen molar-refractivity contribution in [2.75, 3.05) is 13.7 Å². The standard InChI is InChI=1S/C13H21N3O5/c1-13(2,3)21-12(18)16(19)10(5-6-17)9-7-14-8-11(15-9)20-4/h7-8,10,17,19H,5-6H2,1-4H3. The van der Waals surface area contributed by atoms with E-state index in [4.69, 9.17) is 14.6 Å². The van der Waals surface area contributed by atoms with E-state index in [9.17, 15) is 10.0 Å². The average Bonchev–Trinajstić information content (AvgIpc) is 2.42. The summed E-state index contributed by atoms with van der Waals surface area (Å²) in [7, 11) is 1.43. The van der Waals surface area contributed by atoms with Crippen LogP contribution in [0.5, 0.6) is 5.88 Å². The largest absolute Gasteiger partial charge is 0.480 e. The quantitative estimate of drug-likeness (QED) is 0.627. The van der Waals surface area contributed by atoms with Gasteiger partial charge in [0, 0.05) is 6.61 Å². The number of hydrogen-bond acceptors (Lipinski definition) is 7. The Morgan fingerprint density at radius 2 is 2.10 bits per heavy atom. The molecule has 0 saturated carbocycles. The summed E-state index contributed by atoms with van der Waals surface area (Å²) < 4.78 is 10.0. The third-order valence-electron chi connectivity index (χ3n) is 2.46. The minimum absolute atomic E-state index is 0.0809. The fourth-order valence-electron chi connectivity index (χ4n) is 1.57. The van der Waals surface area contributed by atoms with Crippen LogP contribution in [0.15, 0.2) is 12.4 Å². The molecule has 0 spiro atoms. The van der Waals surface area contributed by atoms with Crippen molar-refractivity contribution in [3.05, 3.63) is 18.1 Å². The van der Waals surface area contributed by atoms with Crippen LogP contribution in [0, 0.1) is 0 Å². The molecule has 118 valence electrons. The van der Waals surface area contributed by atoms with Gasteiger partial charge in [-0.25, -0.2) is 9.78 Å². The number of rotatable bonds is 5. The van der Waals surface area contributed by atoms with Crippen molar-refractivity contribution < 1.29 is 24.6 Å². The Morgan fingerprint density at radius 1 is 1.43 bits per heavy atom. The summed E-state index contributed by atoms with van der Waals surface area (Å²) in [6, 6.07) is -0.882. The normalized spacial score (nSPS) is 12.7. The monoisotopic (exact) mass is 299 g/mol. The Balaban J connectivity index is 2.96. The molecule has 1 aromatic rings. The van der Waals surface area contributed by atoms with Crippen LogP contribution < -0.4 is 4.74 Å². The highest BCUT2D eigenvalue weighted by Gasteiger charge is 2.29. The zero-order chi connectivity index (χ0) is 16.0. The third-order valence-corrected chi connectivity index (χ3v) is 2.46. The molecule has 8 heteroatoms. The minimum atomic E-state index is -0.925. The molecule has 0 fully saturated rings. The van der Waals surface area contributed by atoms with Gasteiger partial charge in [-0.3, -0.25) is 10.2 Å². The first-order valence-electron chi connectivity index (χ1n) is 6.46. The Bertz CT molecular complexity index is 475. The maximum absolute atomic E-state index is 11.9. The molecular weight excluding hydrogens is 278 g/mol. The molecule has 1 aromatic heterocycles. The molecule has 0 saturated heterocycles. The van der Waals surface area contributed by atoms with Crippen molar-refractivity contribution in [1.29, 1.82) is 0 Å². The van der Waals surface area contributed by atoms with Crippen LogP contribution in [0.25, 0.3) is 0 Å². The first-order valence-corrected chi connectivity index (χ1v) is 6.46. The lowest BCUT2D eigenvalue weighted by molar-refractivity contribution is -0.126. The summed E-state index contributed by atoms with van der Waals surface area (Å²) in [6.07, 6.45) is 1.94. The van der Waals surface area contributed by atoms with E-state index in [1.165, 1.54) is 19.5 Å². The van der Waals surface area contributed by atoms with E-state index in [0.29, 0.717) is 5.06 Å². The highest BCUT2D eigenvalue weighted by molar-refractivity contribution is 5.67. The van der Waals surface area contributed by atoms with Crippen molar-refractivity contribution in [2.24, 2.45) is 0 Å². The molecular formula is C13H21N3O5. The predicted molar refractivity (Wildman–Crippen MR) is 72.9 cm³/mol. The molecule has 1 unspecified atom stereocenters. The zero-order valence-corrected chi connectivity index (χ0v) is 12.6. The Morgan fingerprint density at radius 3 is 2.62 bits per heavy atom. The van der Waals surface area contributed by atoms with E-state index in [-0.39, 0.29) is 24.6 Å². The number of amides is 1.